The van der Waals surface area contributed by atoms with Crippen molar-refractivity contribution in [3.63, 3.8) is 0 Å². The summed E-state index contributed by atoms with van der Waals surface area (Å²) in [5.41, 5.74) is 0.646. The van der Waals surface area contributed by atoms with Crippen molar-refractivity contribution in [2.75, 3.05) is 17.8 Å². The van der Waals surface area contributed by atoms with Gasteiger partial charge in [-0.3, -0.25) is 9.52 Å². The van der Waals surface area contributed by atoms with Crippen LogP contribution >= 0.6 is 22.9 Å². The van der Waals surface area contributed by atoms with Crippen molar-refractivity contribution in [2.24, 2.45) is 0 Å². The maximum absolute atomic E-state index is 14.6. The Kier molecular flexibility index (Phi) is 8.51. The minimum atomic E-state index is -2.05. The lowest BCUT2D eigenvalue weighted by Gasteiger charge is -2.14. The molecule has 1 atom stereocenters. The molecular weight excluding hydrogens is 484 g/mol. The molecule has 170 valence electrons. The molecule has 0 aliphatic heterocycles. The lowest BCUT2D eigenvalue weighted by atomic mass is 10.1. The molecule has 0 aliphatic rings. The van der Waals surface area contributed by atoms with Gasteiger partial charge in [-0.25, -0.2) is 18.0 Å². The van der Waals surface area contributed by atoms with Gasteiger partial charge in [0.25, 0.3) is 0 Å². The van der Waals surface area contributed by atoms with E-state index in [-0.39, 0.29) is 22.9 Å². The number of rotatable bonds is 11. The van der Waals surface area contributed by atoms with E-state index >= 15 is 0 Å². The van der Waals surface area contributed by atoms with Crippen LogP contribution in [0.2, 0.25) is 5.02 Å². The first-order valence-corrected chi connectivity index (χ1v) is 11.7. The van der Waals surface area contributed by atoms with Gasteiger partial charge in [0.05, 0.1) is 11.4 Å². The monoisotopic (exact) mass is 501 g/mol. The Balaban J connectivity index is 1.73. The maximum atomic E-state index is 14.6. The summed E-state index contributed by atoms with van der Waals surface area (Å²) in [6.07, 6.45) is 2.53. The molecule has 0 spiro atoms. The summed E-state index contributed by atoms with van der Waals surface area (Å²) < 4.78 is 49.6. The molecule has 0 fully saturated rings. The summed E-state index contributed by atoms with van der Waals surface area (Å²) in [4.78, 5) is 14.1. The number of thiazole rings is 1. The smallest absolute Gasteiger partial charge is 0.317 e. The van der Waals surface area contributed by atoms with E-state index in [1.807, 2.05) is 0 Å². The van der Waals surface area contributed by atoms with E-state index in [1.54, 1.807) is 17.5 Å². The Bertz CT molecular complexity index is 1120. The molecule has 3 rings (SSSR count). The second-order valence-electron chi connectivity index (χ2n) is 6.45. The Hall–Kier alpha value is -2.60. The van der Waals surface area contributed by atoms with Crippen molar-refractivity contribution in [3.8, 4) is 11.5 Å². The van der Waals surface area contributed by atoms with Crippen LogP contribution in [0.15, 0.2) is 46.8 Å². The first-order valence-electron chi connectivity index (χ1n) is 9.29. The minimum absolute atomic E-state index is 0.158. The zero-order valence-corrected chi connectivity index (χ0v) is 18.8. The van der Waals surface area contributed by atoms with Crippen molar-refractivity contribution in [3.05, 3.63) is 64.1 Å². The zero-order chi connectivity index (χ0) is 23.1. The molecule has 2 aromatic carbocycles. The number of hydrogen-bond donors (Lipinski definition) is 3. The number of benzene rings is 2. The summed E-state index contributed by atoms with van der Waals surface area (Å²) in [7, 11) is -2.05. The number of hydrogen-bond acceptors (Lipinski definition) is 6. The average molecular weight is 502 g/mol. The van der Waals surface area contributed by atoms with Gasteiger partial charge >= 0.3 is 5.97 Å². The molecule has 0 aliphatic carbocycles. The molecule has 1 heterocycles. The van der Waals surface area contributed by atoms with Crippen LogP contribution in [0.5, 0.6) is 11.5 Å². The third-order valence-electron chi connectivity index (χ3n) is 4.12. The number of halogens is 3. The van der Waals surface area contributed by atoms with Gasteiger partial charge in [-0.05, 0) is 49.2 Å². The summed E-state index contributed by atoms with van der Waals surface area (Å²) >= 11 is 7.22. The van der Waals surface area contributed by atoms with Crippen LogP contribution in [0.3, 0.4) is 0 Å². The SMILES string of the molecule is O=C(O)CNCCCc1cc(Cl)ccc1Oc1cc(F)c(S(=O)Nc2nccs2)cc1F. The van der Waals surface area contributed by atoms with Crippen LogP contribution in [-0.2, 0) is 22.2 Å². The Labute approximate surface area is 194 Å². The number of nitrogens with zero attached hydrogens (tertiary/aromatic N) is 1. The fraction of sp³-hybridized carbons (Fsp3) is 0.200. The van der Waals surface area contributed by atoms with Gasteiger partial charge in [0.15, 0.2) is 27.7 Å². The molecule has 12 heteroatoms. The van der Waals surface area contributed by atoms with Crippen LogP contribution in [0.25, 0.3) is 0 Å². The number of aryl methyl sites for hydroxylation is 1. The van der Waals surface area contributed by atoms with Gasteiger partial charge in [-0.2, -0.15) is 0 Å². The van der Waals surface area contributed by atoms with Gasteiger partial charge in [0.2, 0.25) is 0 Å². The van der Waals surface area contributed by atoms with Gasteiger partial charge < -0.3 is 15.2 Å². The normalized spacial score (nSPS) is 11.8. The number of carboxylic acids is 1. The van der Waals surface area contributed by atoms with Crippen molar-refractivity contribution < 1.29 is 27.6 Å². The van der Waals surface area contributed by atoms with E-state index in [0.717, 1.165) is 12.1 Å². The highest BCUT2D eigenvalue weighted by atomic mass is 35.5. The highest BCUT2D eigenvalue weighted by Gasteiger charge is 2.18. The number of nitrogens with one attached hydrogen (secondary N) is 2. The molecule has 0 radical (unpaired) electrons. The predicted molar refractivity (Wildman–Crippen MR) is 119 cm³/mol. The number of anilines is 1. The molecule has 0 amide bonds. The third-order valence-corrected chi connectivity index (χ3v) is 6.26. The molecule has 3 aromatic rings. The molecule has 32 heavy (non-hydrogen) atoms. The molecule has 7 nitrogen and oxygen atoms in total. The molecule has 1 aromatic heterocycles. The molecule has 1 unspecified atom stereocenters. The fourth-order valence-electron chi connectivity index (χ4n) is 2.70. The Morgan fingerprint density at radius 3 is 2.75 bits per heavy atom. The van der Waals surface area contributed by atoms with Crippen LogP contribution < -0.4 is 14.8 Å². The van der Waals surface area contributed by atoms with E-state index in [2.05, 4.69) is 15.0 Å². The van der Waals surface area contributed by atoms with Gasteiger partial charge in [-0.15, -0.1) is 11.3 Å². The number of aromatic nitrogens is 1. The first kappa shape index (κ1) is 24.1. The minimum Gasteiger partial charge on any atom is -0.480 e. The van der Waals surface area contributed by atoms with Crippen molar-refractivity contribution in [2.45, 2.75) is 17.7 Å². The number of carbonyl (C=O) groups is 1. The topological polar surface area (TPSA) is 101 Å². The van der Waals surface area contributed by atoms with Crippen LogP contribution in [-0.4, -0.2) is 33.4 Å². The number of carboxylic acid groups (broad SMARTS) is 1. The zero-order valence-electron chi connectivity index (χ0n) is 16.4. The second kappa shape index (κ2) is 11.3. The van der Waals surface area contributed by atoms with Crippen molar-refractivity contribution >= 4 is 45.0 Å². The van der Waals surface area contributed by atoms with Crippen LogP contribution in [0.4, 0.5) is 13.9 Å². The van der Waals surface area contributed by atoms with Crippen LogP contribution in [0.1, 0.15) is 12.0 Å². The largest absolute Gasteiger partial charge is 0.480 e. The summed E-state index contributed by atoms with van der Waals surface area (Å²) in [5.74, 6) is -2.84. The van der Waals surface area contributed by atoms with Gasteiger partial charge in [-0.1, -0.05) is 11.6 Å². The fourth-order valence-corrected chi connectivity index (χ4v) is 4.45. The summed E-state index contributed by atoms with van der Waals surface area (Å²) in [6, 6.07) is 6.38. The van der Waals surface area contributed by atoms with Gasteiger partial charge in [0.1, 0.15) is 11.6 Å². The highest BCUT2D eigenvalue weighted by Crippen LogP contribution is 2.32. The van der Waals surface area contributed by atoms with E-state index in [9.17, 15) is 17.8 Å². The van der Waals surface area contributed by atoms with E-state index in [0.29, 0.717) is 35.1 Å². The first-order chi connectivity index (χ1) is 15.3. The van der Waals surface area contributed by atoms with E-state index in [4.69, 9.17) is 21.4 Å². The number of aliphatic carboxylic acids is 1. The Morgan fingerprint density at radius 1 is 1.22 bits per heavy atom. The van der Waals surface area contributed by atoms with E-state index in [1.165, 1.54) is 23.6 Å². The molecule has 0 bridgehead atoms. The second-order valence-corrected chi connectivity index (χ2v) is 8.96. The van der Waals surface area contributed by atoms with Gasteiger partial charge in [0, 0.05) is 22.7 Å². The highest BCUT2D eigenvalue weighted by molar-refractivity contribution is 7.86. The Morgan fingerprint density at radius 2 is 2.03 bits per heavy atom. The molecule has 3 N–H and O–H groups in total. The molecular formula is C20H18ClF2N3O4S2. The quantitative estimate of drug-likeness (QED) is 0.332. The lowest BCUT2D eigenvalue weighted by molar-refractivity contribution is -0.135. The number of ether oxygens (including phenoxy) is 1. The molecule has 0 saturated heterocycles. The molecule has 0 saturated carbocycles. The third kappa shape index (κ3) is 6.70. The van der Waals surface area contributed by atoms with Crippen molar-refractivity contribution in [1.29, 1.82) is 0 Å². The summed E-state index contributed by atoms with van der Waals surface area (Å²) in [5, 5.41) is 13.8. The lowest BCUT2D eigenvalue weighted by Crippen LogP contribution is -2.23. The summed E-state index contributed by atoms with van der Waals surface area (Å²) in [6.45, 7) is 0.280. The standard InChI is InChI=1S/C20H18ClF2N3O4S2/c21-13-3-4-16(12(8-13)2-1-5-24-11-19(27)28)30-17-9-15(23)18(10-14(17)22)32(29)26-20-25-6-7-31-20/h3-4,6-10,24H,1-2,5,11H2,(H,25,26)(H,27,28). The predicted octanol–water partition coefficient (Wildman–Crippen LogP) is 4.61. The maximum Gasteiger partial charge on any atom is 0.317 e. The average Bonchev–Trinajstić information content (AvgIpc) is 3.24. The van der Waals surface area contributed by atoms with E-state index < -0.39 is 28.6 Å². The van der Waals surface area contributed by atoms with Crippen molar-refractivity contribution in [1.82, 2.24) is 10.3 Å². The van der Waals surface area contributed by atoms with Crippen LogP contribution in [0, 0.1) is 11.6 Å².